The van der Waals surface area contributed by atoms with Gasteiger partial charge >= 0.3 is 5.97 Å². The van der Waals surface area contributed by atoms with E-state index in [9.17, 15) is 19.2 Å². The minimum absolute atomic E-state index is 0.0775. The second-order valence-corrected chi connectivity index (χ2v) is 9.04. The number of hydrogen-bond donors (Lipinski definition) is 1. The predicted octanol–water partition coefficient (Wildman–Crippen LogP) is 4.46. The van der Waals surface area contributed by atoms with Crippen molar-refractivity contribution in [1.29, 1.82) is 0 Å². The number of hydrogen-bond acceptors (Lipinski definition) is 6. The molecule has 1 aliphatic heterocycles. The molecule has 3 aromatic rings. The first-order valence-electron chi connectivity index (χ1n) is 10.6. The lowest BCUT2D eigenvalue weighted by atomic mass is 10.1. The molecular weight excluding hydrogens is 452 g/mol. The molecule has 3 amide bonds. The fraction of sp³-hybridized carbons (Fsp3) is 0.154. The average molecular weight is 475 g/mol. The SMILES string of the molecule is COC(=O)c1ccc(N2C(=O)CC(Sc3ccc(NC(=O)c4ccc(C)cc4)cc3)C2=O)cc1. The van der Waals surface area contributed by atoms with E-state index in [2.05, 4.69) is 10.1 Å². The summed E-state index contributed by atoms with van der Waals surface area (Å²) >= 11 is 1.30. The number of nitrogens with one attached hydrogen (secondary N) is 1. The highest BCUT2D eigenvalue weighted by atomic mass is 32.2. The van der Waals surface area contributed by atoms with E-state index in [0.29, 0.717) is 22.5 Å². The number of thioether (sulfide) groups is 1. The zero-order valence-corrected chi connectivity index (χ0v) is 19.4. The molecule has 0 spiro atoms. The highest BCUT2D eigenvalue weighted by Gasteiger charge is 2.40. The van der Waals surface area contributed by atoms with E-state index in [1.165, 1.54) is 31.0 Å². The molecule has 172 valence electrons. The van der Waals surface area contributed by atoms with Gasteiger partial charge in [-0.05, 0) is 67.6 Å². The van der Waals surface area contributed by atoms with Crippen molar-refractivity contribution in [3.8, 4) is 0 Å². The molecule has 1 unspecified atom stereocenters. The molecule has 0 aromatic heterocycles. The molecule has 0 bridgehead atoms. The number of imide groups is 1. The molecule has 3 aromatic carbocycles. The third kappa shape index (κ3) is 5.02. The minimum atomic E-state index is -0.555. The second kappa shape index (κ2) is 9.93. The van der Waals surface area contributed by atoms with Crippen LogP contribution in [0.2, 0.25) is 0 Å². The van der Waals surface area contributed by atoms with Crippen molar-refractivity contribution in [1.82, 2.24) is 0 Å². The van der Waals surface area contributed by atoms with Gasteiger partial charge < -0.3 is 10.1 Å². The largest absolute Gasteiger partial charge is 0.465 e. The summed E-state index contributed by atoms with van der Waals surface area (Å²) in [6.45, 7) is 1.96. The zero-order valence-electron chi connectivity index (χ0n) is 18.6. The number of rotatable bonds is 6. The summed E-state index contributed by atoms with van der Waals surface area (Å²) in [6.07, 6.45) is 0.0775. The number of ether oxygens (including phenoxy) is 1. The molecule has 1 fully saturated rings. The molecule has 34 heavy (non-hydrogen) atoms. The molecule has 1 N–H and O–H groups in total. The fourth-order valence-electron chi connectivity index (χ4n) is 3.52. The van der Waals surface area contributed by atoms with Crippen molar-refractivity contribution in [2.45, 2.75) is 23.5 Å². The maximum absolute atomic E-state index is 12.9. The Morgan fingerprint density at radius 3 is 2.15 bits per heavy atom. The number of anilines is 2. The van der Waals surface area contributed by atoms with E-state index in [4.69, 9.17) is 0 Å². The van der Waals surface area contributed by atoms with Gasteiger partial charge in [0.1, 0.15) is 0 Å². The number of benzene rings is 3. The predicted molar refractivity (Wildman–Crippen MR) is 130 cm³/mol. The van der Waals surface area contributed by atoms with Crippen LogP contribution in [0.4, 0.5) is 11.4 Å². The van der Waals surface area contributed by atoms with Crippen LogP contribution in [0, 0.1) is 6.92 Å². The molecular formula is C26H22N2O5S. The van der Waals surface area contributed by atoms with Crippen LogP contribution >= 0.6 is 11.8 Å². The Morgan fingerprint density at radius 1 is 0.912 bits per heavy atom. The summed E-state index contributed by atoms with van der Waals surface area (Å²) in [5.41, 5.74) is 3.04. The zero-order chi connectivity index (χ0) is 24.2. The van der Waals surface area contributed by atoms with Gasteiger partial charge in [0.05, 0.1) is 23.6 Å². The fourth-order valence-corrected chi connectivity index (χ4v) is 4.58. The summed E-state index contributed by atoms with van der Waals surface area (Å²) in [6, 6.07) is 20.6. The van der Waals surface area contributed by atoms with Crippen LogP contribution in [0.15, 0.2) is 77.7 Å². The van der Waals surface area contributed by atoms with E-state index in [1.54, 1.807) is 48.5 Å². The second-order valence-electron chi connectivity index (χ2n) is 7.76. The lowest BCUT2D eigenvalue weighted by Crippen LogP contribution is -2.31. The summed E-state index contributed by atoms with van der Waals surface area (Å²) in [5.74, 6) is -1.30. The van der Waals surface area contributed by atoms with Crippen LogP contribution in [0.5, 0.6) is 0 Å². The summed E-state index contributed by atoms with van der Waals surface area (Å²) in [4.78, 5) is 51.4. The molecule has 0 aliphatic carbocycles. The van der Waals surface area contributed by atoms with Gasteiger partial charge in [0, 0.05) is 22.6 Å². The normalized spacial score (nSPS) is 15.4. The van der Waals surface area contributed by atoms with Crippen LogP contribution in [0.1, 0.15) is 32.7 Å². The Balaban J connectivity index is 1.39. The minimum Gasteiger partial charge on any atom is -0.465 e. The highest BCUT2D eigenvalue weighted by molar-refractivity contribution is 8.00. The van der Waals surface area contributed by atoms with Crippen molar-refractivity contribution in [3.05, 3.63) is 89.5 Å². The van der Waals surface area contributed by atoms with Gasteiger partial charge in [-0.2, -0.15) is 0 Å². The number of carbonyl (C=O) groups is 4. The highest BCUT2D eigenvalue weighted by Crippen LogP contribution is 2.34. The Labute approximate surface area is 201 Å². The topological polar surface area (TPSA) is 92.8 Å². The van der Waals surface area contributed by atoms with Crippen LogP contribution < -0.4 is 10.2 Å². The van der Waals surface area contributed by atoms with Gasteiger partial charge in [-0.3, -0.25) is 14.4 Å². The van der Waals surface area contributed by atoms with E-state index < -0.39 is 11.2 Å². The van der Waals surface area contributed by atoms with Crippen LogP contribution in [-0.2, 0) is 14.3 Å². The quantitative estimate of drug-likeness (QED) is 0.419. The number of aryl methyl sites for hydroxylation is 1. The Kier molecular flexibility index (Phi) is 6.79. The number of nitrogens with zero attached hydrogens (tertiary/aromatic N) is 1. The maximum Gasteiger partial charge on any atom is 0.337 e. The van der Waals surface area contributed by atoms with E-state index in [1.807, 2.05) is 19.1 Å². The van der Waals surface area contributed by atoms with Gasteiger partial charge in [-0.1, -0.05) is 17.7 Å². The van der Waals surface area contributed by atoms with Crippen molar-refractivity contribution in [3.63, 3.8) is 0 Å². The number of amides is 3. The molecule has 7 nitrogen and oxygen atoms in total. The van der Waals surface area contributed by atoms with Gasteiger partial charge in [0.25, 0.3) is 5.91 Å². The molecule has 1 aliphatic rings. The molecule has 4 rings (SSSR count). The van der Waals surface area contributed by atoms with Gasteiger partial charge in [0.2, 0.25) is 11.8 Å². The molecule has 8 heteroatoms. The Morgan fingerprint density at radius 2 is 1.53 bits per heavy atom. The molecule has 0 radical (unpaired) electrons. The lowest BCUT2D eigenvalue weighted by Gasteiger charge is -2.15. The third-order valence-corrected chi connectivity index (χ3v) is 6.55. The molecule has 1 saturated heterocycles. The van der Waals surface area contributed by atoms with E-state index in [-0.39, 0.29) is 24.1 Å². The Hall–Kier alpha value is -3.91. The first-order valence-corrected chi connectivity index (χ1v) is 11.4. The van der Waals surface area contributed by atoms with Gasteiger partial charge in [-0.25, -0.2) is 9.69 Å². The van der Waals surface area contributed by atoms with Crippen molar-refractivity contribution in [2.24, 2.45) is 0 Å². The van der Waals surface area contributed by atoms with Crippen LogP contribution in [0.3, 0.4) is 0 Å². The Bertz CT molecular complexity index is 1240. The third-order valence-electron chi connectivity index (χ3n) is 5.36. The molecule has 0 saturated carbocycles. The standard InChI is InChI=1S/C26H22N2O5S/c1-16-3-5-17(6-4-16)24(30)27-19-9-13-21(14-10-19)34-22-15-23(29)28(25(22)31)20-11-7-18(8-12-20)26(32)33-2/h3-14,22H,15H2,1-2H3,(H,27,30). The van der Waals surface area contributed by atoms with Crippen molar-refractivity contribution in [2.75, 3.05) is 17.3 Å². The van der Waals surface area contributed by atoms with Gasteiger partial charge in [-0.15, -0.1) is 11.8 Å². The average Bonchev–Trinajstić information content (AvgIpc) is 3.12. The summed E-state index contributed by atoms with van der Waals surface area (Å²) in [5, 5.41) is 2.29. The molecule has 1 atom stereocenters. The maximum atomic E-state index is 12.9. The van der Waals surface area contributed by atoms with Crippen molar-refractivity contribution >= 4 is 46.8 Å². The van der Waals surface area contributed by atoms with Crippen molar-refractivity contribution < 1.29 is 23.9 Å². The first-order chi connectivity index (χ1) is 16.4. The number of carbonyl (C=O) groups excluding carboxylic acids is 4. The monoisotopic (exact) mass is 474 g/mol. The smallest absolute Gasteiger partial charge is 0.337 e. The summed E-state index contributed by atoms with van der Waals surface area (Å²) < 4.78 is 4.67. The number of esters is 1. The van der Waals surface area contributed by atoms with E-state index >= 15 is 0 Å². The first kappa shape index (κ1) is 23.3. The van der Waals surface area contributed by atoms with E-state index in [0.717, 1.165) is 15.4 Å². The number of methoxy groups -OCH3 is 1. The lowest BCUT2D eigenvalue weighted by molar-refractivity contribution is -0.121. The molecule has 1 heterocycles. The van der Waals surface area contributed by atoms with Gasteiger partial charge in [0.15, 0.2) is 0 Å². The van der Waals surface area contributed by atoms with Crippen LogP contribution in [-0.4, -0.2) is 36.1 Å². The van der Waals surface area contributed by atoms with Crippen LogP contribution in [0.25, 0.3) is 0 Å². The summed E-state index contributed by atoms with van der Waals surface area (Å²) in [7, 11) is 1.29.